The van der Waals surface area contributed by atoms with Crippen LogP contribution in [0.15, 0.2) is 0 Å². The zero-order valence-electron chi connectivity index (χ0n) is 26.1. The molecule has 0 bridgehead atoms. The SMILES string of the molecule is CCCN(CCC)CCCCNC(=O)CC[C@@H](C)C1CCC2[C@@H]3CC[C@@H]4C[C@H](O)CC[C@]4(C)C3C[C@H](O)[C@@]21C. The molecule has 226 valence electrons. The summed E-state index contributed by atoms with van der Waals surface area (Å²) in [5.41, 5.74) is 0.272. The van der Waals surface area contributed by atoms with Crippen molar-refractivity contribution in [1.29, 1.82) is 0 Å². The molecule has 0 aliphatic heterocycles. The van der Waals surface area contributed by atoms with Gasteiger partial charge in [0, 0.05) is 13.0 Å². The number of nitrogens with zero attached hydrogens (tertiary/aromatic N) is 1. The number of carbonyl (C=O) groups is 1. The lowest BCUT2D eigenvalue weighted by molar-refractivity contribution is -0.174. The van der Waals surface area contributed by atoms with Gasteiger partial charge in [0.15, 0.2) is 0 Å². The first kappa shape index (κ1) is 31.3. The Morgan fingerprint density at radius 1 is 0.949 bits per heavy atom. The standard InChI is InChI=1S/C34H62N2O3/c1-6-19-36(20-7-2)21-9-8-18-35-32(39)15-10-24(3)28-13-14-29-27-12-11-25-22-26(37)16-17-33(25,4)30(27)23-31(38)34(28,29)5/h24-31,37-38H,6-23H2,1-5H3,(H,35,39)/t24-,25-,26-,27+,28?,29?,30?,31+,33+,34-/m1/s1. The Morgan fingerprint density at radius 3 is 2.41 bits per heavy atom. The van der Waals surface area contributed by atoms with Crippen LogP contribution in [0, 0.1) is 46.3 Å². The maximum atomic E-state index is 12.7. The highest BCUT2D eigenvalue weighted by Crippen LogP contribution is 2.68. The van der Waals surface area contributed by atoms with E-state index in [4.69, 9.17) is 0 Å². The van der Waals surface area contributed by atoms with Gasteiger partial charge < -0.3 is 20.4 Å². The third kappa shape index (κ3) is 6.56. The fourth-order valence-electron chi connectivity index (χ4n) is 10.5. The molecular formula is C34H62N2O3. The van der Waals surface area contributed by atoms with Crippen LogP contribution in [-0.4, -0.2) is 59.4 Å². The summed E-state index contributed by atoms with van der Waals surface area (Å²) >= 11 is 0. The molecule has 1 amide bonds. The van der Waals surface area contributed by atoms with E-state index in [0.717, 1.165) is 64.0 Å². The Labute approximate surface area is 240 Å². The number of hydrogen-bond donors (Lipinski definition) is 3. The number of aliphatic hydroxyl groups is 2. The number of rotatable bonds is 13. The number of carbonyl (C=O) groups excluding carboxylic acids is 1. The molecule has 4 fully saturated rings. The van der Waals surface area contributed by atoms with Gasteiger partial charge in [0.1, 0.15) is 0 Å². The number of unbranched alkanes of at least 4 members (excludes halogenated alkanes) is 1. The second-order valence-corrected chi connectivity index (χ2v) is 14.8. The topological polar surface area (TPSA) is 72.8 Å². The molecule has 3 N–H and O–H groups in total. The van der Waals surface area contributed by atoms with Gasteiger partial charge in [-0.05, 0) is 149 Å². The number of aliphatic hydroxyl groups excluding tert-OH is 2. The van der Waals surface area contributed by atoms with Crippen LogP contribution in [-0.2, 0) is 4.79 Å². The summed E-state index contributed by atoms with van der Waals surface area (Å²) in [6, 6.07) is 0. The van der Waals surface area contributed by atoms with Crippen molar-refractivity contribution in [2.24, 2.45) is 46.3 Å². The lowest BCUT2D eigenvalue weighted by Crippen LogP contribution is -2.58. The van der Waals surface area contributed by atoms with E-state index in [1.165, 1.54) is 51.6 Å². The predicted molar refractivity (Wildman–Crippen MR) is 160 cm³/mol. The molecule has 0 saturated heterocycles. The van der Waals surface area contributed by atoms with Crippen LogP contribution >= 0.6 is 0 Å². The van der Waals surface area contributed by atoms with Crippen molar-refractivity contribution in [3.8, 4) is 0 Å². The fraction of sp³-hybridized carbons (Fsp3) is 0.971. The van der Waals surface area contributed by atoms with Crippen molar-refractivity contribution >= 4 is 5.91 Å². The Bertz CT molecular complexity index is 784. The van der Waals surface area contributed by atoms with Gasteiger partial charge in [0.25, 0.3) is 0 Å². The molecule has 0 aromatic carbocycles. The number of hydrogen-bond acceptors (Lipinski definition) is 4. The van der Waals surface area contributed by atoms with Crippen molar-refractivity contribution in [3.63, 3.8) is 0 Å². The van der Waals surface area contributed by atoms with E-state index in [2.05, 4.69) is 44.8 Å². The summed E-state index contributed by atoms with van der Waals surface area (Å²) < 4.78 is 0. The maximum absolute atomic E-state index is 12.7. The minimum atomic E-state index is -0.241. The molecule has 0 heterocycles. The average molecular weight is 547 g/mol. The van der Waals surface area contributed by atoms with E-state index < -0.39 is 0 Å². The second kappa shape index (κ2) is 13.6. The minimum absolute atomic E-state index is 0.0166. The highest BCUT2D eigenvalue weighted by Gasteiger charge is 2.63. The molecule has 4 saturated carbocycles. The molecule has 5 nitrogen and oxygen atoms in total. The molecular weight excluding hydrogens is 484 g/mol. The van der Waals surface area contributed by atoms with Crippen LogP contribution in [0.3, 0.4) is 0 Å². The van der Waals surface area contributed by atoms with Crippen molar-refractivity contribution in [3.05, 3.63) is 0 Å². The van der Waals surface area contributed by atoms with Crippen molar-refractivity contribution < 1.29 is 15.0 Å². The zero-order chi connectivity index (χ0) is 28.2. The molecule has 4 aliphatic rings. The Hall–Kier alpha value is -0.650. The first-order chi connectivity index (χ1) is 18.6. The Kier molecular flexibility index (Phi) is 10.9. The zero-order valence-corrected chi connectivity index (χ0v) is 26.1. The summed E-state index contributed by atoms with van der Waals surface area (Å²) in [5.74, 6) is 3.74. The lowest BCUT2D eigenvalue weighted by atomic mass is 9.43. The fourth-order valence-corrected chi connectivity index (χ4v) is 10.5. The van der Waals surface area contributed by atoms with Crippen LogP contribution in [0.1, 0.15) is 125 Å². The van der Waals surface area contributed by atoms with E-state index in [9.17, 15) is 15.0 Å². The number of fused-ring (bicyclic) bond motifs is 5. The normalized spacial score (nSPS) is 40.6. The summed E-state index contributed by atoms with van der Waals surface area (Å²) in [7, 11) is 0. The van der Waals surface area contributed by atoms with E-state index in [1.54, 1.807) is 0 Å². The van der Waals surface area contributed by atoms with Crippen LogP contribution in [0.5, 0.6) is 0 Å². The third-order valence-corrected chi connectivity index (χ3v) is 12.6. The predicted octanol–water partition coefficient (Wildman–Crippen LogP) is 6.41. The van der Waals surface area contributed by atoms with Gasteiger partial charge >= 0.3 is 0 Å². The summed E-state index contributed by atoms with van der Waals surface area (Å²) in [6.45, 7) is 16.0. The molecule has 3 unspecified atom stereocenters. The molecule has 0 radical (unpaired) electrons. The first-order valence-corrected chi connectivity index (χ1v) is 17.0. The second-order valence-electron chi connectivity index (χ2n) is 14.8. The molecule has 10 atom stereocenters. The van der Waals surface area contributed by atoms with E-state index >= 15 is 0 Å². The van der Waals surface area contributed by atoms with Gasteiger partial charge in [-0.1, -0.05) is 34.6 Å². The van der Waals surface area contributed by atoms with Crippen molar-refractivity contribution in [2.75, 3.05) is 26.2 Å². The summed E-state index contributed by atoms with van der Waals surface area (Å²) in [6.07, 6.45) is 14.8. The van der Waals surface area contributed by atoms with Gasteiger partial charge in [-0.25, -0.2) is 0 Å². The Morgan fingerprint density at radius 2 is 1.69 bits per heavy atom. The van der Waals surface area contributed by atoms with Crippen LogP contribution in [0.25, 0.3) is 0 Å². The number of amides is 1. The average Bonchev–Trinajstić information content (AvgIpc) is 3.27. The molecule has 4 aliphatic carbocycles. The van der Waals surface area contributed by atoms with Gasteiger partial charge in [0.2, 0.25) is 5.91 Å². The minimum Gasteiger partial charge on any atom is -0.393 e. The molecule has 0 aromatic rings. The van der Waals surface area contributed by atoms with Gasteiger partial charge in [-0.2, -0.15) is 0 Å². The van der Waals surface area contributed by atoms with Gasteiger partial charge in [-0.15, -0.1) is 0 Å². The monoisotopic (exact) mass is 546 g/mol. The quantitative estimate of drug-likeness (QED) is 0.233. The van der Waals surface area contributed by atoms with Crippen LogP contribution < -0.4 is 5.32 Å². The molecule has 0 aromatic heterocycles. The number of nitrogens with one attached hydrogen (secondary N) is 1. The molecule has 39 heavy (non-hydrogen) atoms. The van der Waals surface area contributed by atoms with E-state index in [-0.39, 0.29) is 28.9 Å². The van der Waals surface area contributed by atoms with Crippen LogP contribution in [0.2, 0.25) is 0 Å². The van der Waals surface area contributed by atoms with Crippen molar-refractivity contribution in [2.45, 2.75) is 137 Å². The largest absolute Gasteiger partial charge is 0.393 e. The highest BCUT2D eigenvalue weighted by atomic mass is 16.3. The first-order valence-electron chi connectivity index (χ1n) is 17.0. The molecule has 4 rings (SSSR count). The van der Waals surface area contributed by atoms with Crippen LogP contribution in [0.4, 0.5) is 0 Å². The Balaban J connectivity index is 1.25. The molecule has 0 spiro atoms. The maximum Gasteiger partial charge on any atom is 0.220 e. The van der Waals surface area contributed by atoms with E-state index in [0.29, 0.717) is 36.0 Å². The van der Waals surface area contributed by atoms with E-state index in [1.807, 2.05) is 0 Å². The summed E-state index contributed by atoms with van der Waals surface area (Å²) in [4.78, 5) is 15.2. The highest BCUT2D eigenvalue weighted by molar-refractivity contribution is 5.75. The lowest BCUT2D eigenvalue weighted by Gasteiger charge is -2.62. The third-order valence-electron chi connectivity index (χ3n) is 12.6. The summed E-state index contributed by atoms with van der Waals surface area (Å²) in [5, 5.41) is 25.3. The van der Waals surface area contributed by atoms with Gasteiger partial charge in [-0.3, -0.25) is 4.79 Å². The smallest absolute Gasteiger partial charge is 0.220 e. The van der Waals surface area contributed by atoms with Crippen molar-refractivity contribution in [1.82, 2.24) is 10.2 Å². The van der Waals surface area contributed by atoms with Gasteiger partial charge in [0.05, 0.1) is 12.2 Å². The molecule has 5 heteroatoms.